The van der Waals surface area contributed by atoms with E-state index in [9.17, 15) is 19.7 Å². The van der Waals surface area contributed by atoms with Crippen LogP contribution >= 0.6 is 0 Å². The van der Waals surface area contributed by atoms with Gasteiger partial charge < -0.3 is 14.0 Å². The average molecular weight is 491 g/mol. The Morgan fingerprint density at radius 1 is 1.06 bits per heavy atom. The lowest BCUT2D eigenvalue weighted by Crippen LogP contribution is -2.40. The molecule has 36 heavy (non-hydrogen) atoms. The topological polar surface area (TPSA) is 111 Å². The SMILES string of the molecule is COc1ccc(-c2c3c(=O)n(C)c(=O)n(C)c3c3n2C(C)(C)CO[C@H]3c2ccccc2[N+](=O)[O-])cc1. The second kappa shape index (κ2) is 8.20. The Kier molecular flexibility index (Phi) is 5.36. The van der Waals surface area contributed by atoms with Crippen LogP contribution in [0.1, 0.15) is 31.2 Å². The second-order valence-corrected chi connectivity index (χ2v) is 9.55. The van der Waals surface area contributed by atoms with E-state index >= 15 is 0 Å². The molecule has 0 saturated heterocycles. The normalized spacial score (nSPS) is 16.6. The van der Waals surface area contributed by atoms with E-state index in [1.54, 1.807) is 44.5 Å². The molecule has 0 radical (unpaired) electrons. The summed E-state index contributed by atoms with van der Waals surface area (Å²) in [5, 5.41) is 12.2. The van der Waals surface area contributed by atoms with Crippen molar-refractivity contribution in [2.24, 2.45) is 14.1 Å². The first-order valence-electron chi connectivity index (χ1n) is 11.4. The molecule has 0 N–H and O–H groups in total. The smallest absolute Gasteiger partial charge is 0.331 e. The number of rotatable bonds is 4. The van der Waals surface area contributed by atoms with Crippen LogP contribution in [0.3, 0.4) is 0 Å². The van der Waals surface area contributed by atoms with Crippen LogP contribution in [0.25, 0.3) is 22.2 Å². The number of nitro groups is 1. The molecule has 0 aliphatic carbocycles. The molecule has 2 aromatic heterocycles. The summed E-state index contributed by atoms with van der Waals surface area (Å²) in [6.07, 6.45) is -0.869. The van der Waals surface area contributed by atoms with Gasteiger partial charge >= 0.3 is 5.69 Å². The van der Waals surface area contributed by atoms with Gasteiger partial charge in [-0.2, -0.15) is 0 Å². The highest BCUT2D eigenvalue weighted by Crippen LogP contribution is 2.47. The lowest BCUT2D eigenvalue weighted by atomic mass is 9.97. The molecule has 0 saturated carbocycles. The molecule has 4 aromatic rings. The minimum Gasteiger partial charge on any atom is -0.497 e. The van der Waals surface area contributed by atoms with Crippen molar-refractivity contribution in [3.8, 4) is 17.0 Å². The molecule has 1 aliphatic rings. The minimum atomic E-state index is -0.869. The van der Waals surface area contributed by atoms with Crippen molar-refractivity contribution in [2.75, 3.05) is 13.7 Å². The van der Waals surface area contributed by atoms with Crippen LogP contribution in [0.4, 0.5) is 5.69 Å². The van der Waals surface area contributed by atoms with E-state index in [0.29, 0.717) is 33.6 Å². The predicted molar refractivity (Wildman–Crippen MR) is 135 cm³/mol. The maximum atomic E-state index is 13.6. The summed E-state index contributed by atoms with van der Waals surface area (Å²) < 4.78 is 16.1. The van der Waals surface area contributed by atoms with Gasteiger partial charge in [0.05, 0.1) is 52.0 Å². The third kappa shape index (κ3) is 3.29. The number of para-hydroxylation sites is 1. The highest BCUT2D eigenvalue weighted by molar-refractivity contribution is 5.97. The van der Waals surface area contributed by atoms with Gasteiger partial charge in [0.1, 0.15) is 11.9 Å². The molecule has 1 aliphatic heterocycles. The molecular formula is C26H26N4O6. The van der Waals surface area contributed by atoms with Gasteiger partial charge in [-0.05, 0) is 49.7 Å². The Morgan fingerprint density at radius 2 is 1.72 bits per heavy atom. The summed E-state index contributed by atoms with van der Waals surface area (Å²) in [7, 11) is 4.62. The van der Waals surface area contributed by atoms with Crippen LogP contribution in [0.2, 0.25) is 0 Å². The molecule has 0 amide bonds. The molecule has 10 heteroatoms. The number of hydrogen-bond donors (Lipinski definition) is 0. The molecule has 0 bridgehead atoms. The average Bonchev–Trinajstić information content (AvgIpc) is 3.24. The molecule has 1 atom stereocenters. The zero-order valence-corrected chi connectivity index (χ0v) is 20.6. The lowest BCUT2D eigenvalue weighted by Gasteiger charge is -2.39. The number of methoxy groups -OCH3 is 1. The highest BCUT2D eigenvalue weighted by Gasteiger charge is 2.42. The van der Waals surface area contributed by atoms with Crippen molar-refractivity contribution in [3.05, 3.63) is 90.7 Å². The standard InChI is InChI=1S/C26H26N4O6/c1-26(2)14-36-23(17-8-6-7-9-18(17)30(33)34)22-21-19(24(31)28(4)25(32)27(21)3)20(29(22)26)15-10-12-16(35-5)13-11-15/h6-13,23H,14H2,1-5H3/t23-/m0/s1. The Hall–Kier alpha value is -4.18. The summed E-state index contributed by atoms with van der Waals surface area (Å²) in [5.74, 6) is 0.661. The fourth-order valence-electron chi connectivity index (χ4n) is 5.13. The quantitative estimate of drug-likeness (QED) is 0.320. The third-order valence-electron chi connectivity index (χ3n) is 6.84. The van der Waals surface area contributed by atoms with Crippen LogP contribution in [-0.2, 0) is 24.4 Å². The van der Waals surface area contributed by atoms with E-state index in [2.05, 4.69) is 0 Å². The maximum absolute atomic E-state index is 13.6. The number of fused-ring (bicyclic) bond motifs is 3. The Morgan fingerprint density at radius 3 is 2.36 bits per heavy atom. The number of benzene rings is 2. The summed E-state index contributed by atoms with van der Waals surface area (Å²) in [6.45, 7) is 4.18. The van der Waals surface area contributed by atoms with Crippen molar-refractivity contribution in [3.63, 3.8) is 0 Å². The fraction of sp³-hybridized carbons (Fsp3) is 0.308. The number of ether oxygens (including phenoxy) is 2. The molecule has 3 heterocycles. The maximum Gasteiger partial charge on any atom is 0.331 e. The molecule has 0 unspecified atom stereocenters. The predicted octanol–water partition coefficient (Wildman–Crippen LogP) is 3.48. The lowest BCUT2D eigenvalue weighted by molar-refractivity contribution is -0.386. The Balaban J connectivity index is 1.99. The van der Waals surface area contributed by atoms with Crippen molar-refractivity contribution < 1.29 is 14.4 Å². The first-order valence-corrected chi connectivity index (χ1v) is 11.4. The number of nitro benzene ring substituents is 1. The van der Waals surface area contributed by atoms with E-state index in [-0.39, 0.29) is 12.3 Å². The van der Waals surface area contributed by atoms with Crippen molar-refractivity contribution >= 4 is 16.6 Å². The fourth-order valence-corrected chi connectivity index (χ4v) is 5.13. The summed E-state index contributed by atoms with van der Waals surface area (Å²) in [4.78, 5) is 38.1. The third-order valence-corrected chi connectivity index (χ3v) is 6.84. The number of nitrogens with zero attached hydrogens (tertiary/aromatic N) is 4. The van der Waals surface area contributed by atoms with Crippen molar-refractivity contribution in [1.82, 2.24) is 13.7 Å². The van der Waals surface area contributed by atoms with Crippen LogP contribution in [0.15, 0.2) is 58.1 Å². The molecule has 0 spiro atoms. The second-order valence-electron chi connectivity index (χ2n) is 9.55. The van der Waals surface area contributed by atoms with Crippen LogP contribution in [0, 0.1) is 10.1 Å². The molecule has 186 valence electrons. The Labute approximate surface area is 206 Å². The molecule has 10 nitrogen and oxygen atoms in total. The monoisotopic (exact) mass is 490 g/mol. The van der Waals surface area contributed by atoms with Gasteiger partial charge in [-0.1, -0.05) is 12.1 Å². The van der Waals surface area contributed by atoms with Crippen LogP contribution in [-0.4, -0.2) is 32.3 Å². The number of aromatic nitrogens is 3. The number of hydrogen-bond acceptors (Lipinski definition) is 6. The van der Waals surface area contributed by atoms with Crippen molar-refractivity contribution in [1.29, 1.82) is 0 Å². The first-order chi connectivity index (χ1) is 17.1. The summed E-state index contributed by atoms with van der Waals surface area (Å²) in [5.41, 5.74) is 0.976. The van der Waals surface area contributed by atoms with Crippen molar-refractivity contribution in [2.45, 2.75) is 25.5 Å². The van der Waals surface area contributed by atoms with Gasteiger partial charge in [-0.3, -0.25) is 24.0 Å². The van der Waals surface area contributed by atoms with Gasteiger partial charge in [-0.25, -0.2) is 4.79 Å². The highest BCUT2D eigenvalue weighted by atomic mass is 16.6. The number of aryl methyl sites for hydroxylation is 1. The van der Waals surface area contributed by atoms with E-state index in [0.717, 1.165) is 10.1 Å². The van der Waals surface area contributed by atoms with Crippen LogP contribution in [0.5, 0.6) is 5.75 Å². The zero-order chi connectivity index (χ0) is 25.9. The zero-order valence-electron chi connectivity index (χ0n) is 20.6. The van der Waals surface area contributed by atoms with E-state index in [4.69, 9.17) is 9.47 Å². The van der Waals surface area contributed by atoms with Gasteiger partial charge in [-0.15, -0.1) is 0 Å². The first kappa shape index (κ1) is 23.6. The summed E-state index contributed by atoms with van der Waals surface area (Å²) in [6, 6.07) is 13.7. The van der Waals surface area contributed by atoms with Gasteiger partial charge in [0.2, 0.25) is 0 Å². The van der Waals surface area contributed by atoms with Gasteiger partial charge in [0, 0.05) is 20.2 Å². The molecular weight excluding hydrogens is 464 g/mol. The van der Waals surface area contributed by atoms with Crippen LogP contribution < -0.4 is 16.0 Å². The van der Waals surface area contributed by atoms with Gasteiger partial charge in [0.25, 0.3) is 11.2 Å². The minimum absolute atomic E-state index is 0.0945. The van der Waals surface area contributed by atoms with E-state index in [1.165, 1.54) is 17.7 Å². The molecule has 0 fully saturated rings. The molecule has 2 aromatic carbocycles. The molecule has 5 rings (SSSR count). The van der Waals surface area contributed by atoms with E-state index in [1.807, 2.05) is 30.5 Å². The Bertz CT molecular complexity index is 1640. The largest absolute Gasteiger partial charge is 0.497 e. The summed E-state index contributed by atoms with van der Waals surface area (Å²) >= 11 is 0. The van der Waals surface area contributed by atoms with E-state index < -0.39 is 27.8 Å². The van der Waals surface area contributed by atoms with Gasteiger partial charge in [0.15, 0.2) is 0 Å².